The molecule has 82 valence electrons. The maximum Gasteiger partial charge on any atom is -0.0260 e. The molecule has 0 aliphatic heterocycles. The summed E-state index contributed by atoms with van der Waals surface area (Å²) in [5.74, 6) is 0. The number of aryl methyl sites for hydroxylation is 1. The first kappa shape index (κ1) is 12.0. The van der Waals surface area contributed by atoms with Crippen molar-refractivity contribution in [3.63, 3.8) is 0 Å². The van der Waals surface area contributed by atoms with E-state index in [0.717, 1.165) is 0 Å². The number of unbranched alkanes of at least 4 members (excludes halogenated alkanes) is 3. The van der Waals surface area contributed by atoms with Crippen LogP contribution in [0.5, 0.6) is 0 Å². The van der Waals surface area contributed by atoms with Crippen LogP contribution in [0.15, 0.2) is 30.3 Å². The van der Waals surface area contributed by atoms with E-state index in [1.807, 2.05) is 0 Å². The van der Waals surface area contributed by atoms with Crippen LogP contribution in [0.25, 0.3) is 6.08 Å². The van der Waals surface area contributed by atoms with Crippen molar-refractivity contribution < 1.29 is 0 Å². The Morgan fingerprint density at radius 3 is 2.33 bits per heavy atom. The van der Waals surface area contributed by atoms with Gasteiger partial charge in [0.1, 0.15) is 0 Å². The van der Waals surface area contributed by atoms with Gasteiger partial charge in [0.15, 0.2) is 0 Å². The summed E-state index contributed by atoms with van der Waals surface area (Å²) in [4.78, 5) is 0. The predicted molar refractivity (Wildman–Crippen MR) is 69.0 cm³/mol. The number of benzene rings is 1. The molecule has 0 N–H and O–H groups in total. The van der Waals surface area contributed by atoms with Gasteiger partial charge in [0.25, 0.3) is 0 Å². The average molecular weight is 202 g/mol. The van der Waals surface area contributed by atoms with Crippen LogP contribution in [0.2, 0.25) is 0 Å². The summed E-state index contributed by atoms with van der Waals surface area (Å²) < 4.78 is 0. The van der Waals surface area contributed by atoms with E-state index in [9.17, 15) is 0 Å². The lowest BCUT2D eigenvalue weighted by molar-refractivity contribution is 0.667. The van der Waals surface area contributed by atoms with Crippen molar-refractivity contribution in [3.8, 4) is 0 Å². The van der Waals surface area contributed by atoms with Gasteiger partial charge < -0.3 is 0 Å². The molecule has 0 nitrogen and oxygen atoms in total. The quantitative estimate of drug-likeness (QED) is 0.579. The van der Waals surface area contributed by atoms with Gasteiger partial charge in [-0.1, -0.05) is 62.6 Å². The predicted octanol–water partition coefficient (Wildman–Crippen LogP) is 4.84. The van der Waals surface area contributed by atoms with E-state index in [4.69, 9.17) is 0 Å². The van der Waals surface area contributed by atoms with Gasteiger partial charge in [0, 0.05) is 0 Å². The molecular weight excluding hydrogens is 180 g/mol. The molecule has 1 rings (SSSR count). The lowest BCUT2D eigenvalue weighted by atomic mass is 10.0. The lowest BCUT2D eigenvalue weighted by Crippen LogP contribution is -1.85. The van der Waals surface area contributed by atoms with Crippen molar-refractivity contribution >= 4 is 6.08 Å². The zero-order valence-corrected chi connectivity index (χ0v) is 10.00. The van der Waals surface area contributed by atoms with Crippen LogP contribution in [-0.2, 0) is 6.42 Å². The first-order valence-electron chi connectivity index (χ1n) is 6.08. The maximum atomic E-state index is 2.26. The number of hydrogen-bond donors (Lipinski definition) is 0. The summed E-state index contributed by atoms with van der Waals surface area (Å²) in [6.07, 6.45) is 10.8. The van der Waals surface area contributed by atoms with Crippen LogP contribution in [0.4, 0.5) is 0 Å². The molecule has 1 aromatic carbocycles. The van der Waals surface area contributed by atoms with Crippen molar-refractivity contribution in [3.05, 3.63) is 41.5 Å². The molecule has 0 spiro atoms. The van der Waals surface area contributed by atoms with Gasteiger partial charge in [-0.3, -0.25) is 0 Å². The van der Waals surface area contributed by atoms with Crippen LogP contribution in [-0.4, -0.2) is 0 Å². The van der Waals surface area contributed by atoms with Gasteiger partial charge in [-0.25, -0.2) is 0 Å². The van der Waals surface area contributed by atoms with Gasteiger partial charge in [-0.05, 0) is 30.9 Å². The van der Waals surface area contributed by atoms with Crippen LogP contribution >= 0.6 is 0 Å². The third kappa shape index (κ3) is 4.83. The van der Waals surface area contributed by atoms with Crippen LogP contribution < -0.4 is 0 Å². The highest BCUT2D eigenvalue weighted by atomic mass is 14.0. The number of allylic oxidation sites excluding steroid dienone is 1. The van der Waals surface area contributed by atoms with E-state index in [1.54, 1.807) is 0 Å². The first-order valence-corrected chi connectivity index (χ1v) is 6.08. The monoisotopic (exact) mass is 202 g/mol. The molecule has 0 aromatic heterocycles. The highest BCUT2D eigenvalue weighted by Gasteiger charge is 1.93. The molecule has 0 bridgehead atoms. The largest absolute Gasteiger partial charge is 0.0871 e. The molecule has 0 saturated heterocycles. The molecule has 0 saturated carbocycles. The fourth-order valence-corrected chi connectivity index (χ4v) is 1.74. The van der Waals surface area contributed by atoms with E-state index in [0.29, 0.717) is 0 Å². The SMILES string of the molecule is C/C=C/c1ccc(CCCCCC)cc1. The van der Waals surface area contributed by atoms with Gasteiger partial charge in [0.2, 0.25) is 0 Å². The molecule has 0 fully saturated rings. The normalized spacial score (nSPS) is 11.1. The standard InChI is InChI=1S/C15H22/c1-3-5-6-7-9-15-12-10-14(8-4-2)11-13-15/h4,8,10-13H,3,5-7,9H2,1-2H3/b8-4+. The summed E-state index contributed by atoms with van der Waals surface area (Å²) >= 11 is 0. The van der Waals surface area contributed by atoms with Crippen molar-refractivity contribution in [2.45, 2.75) is 46.0 Å². The zero-order valence-electron chi connectivity index (χ0n) is 10.00. The zero-order chi connectivity index (χ0) is 10.9. The Hall–Kier alpha value is -1.04. The number of rotatable bonds is 6. The van der Waals surface area contributed by atoms with Gasteiger partial charge in [0.05, 0.1) is 0 Å². The third-order valence-corrected chi connectivity index (χ3v) is 2.66. The van der Waals surface area contributed by atoms with E-state index < -0.39 is 0 Å². The van der Waals surface area contributed by atoms with Crippen LogP contribution in [0.1, 0.15) is 50.7 Å². The molecule has 0 heterocycles. The van der Waals surface area contributed by atoms with Crippen LogP contribution in [0.3, 0.4) is 0 Å². The fourth-order valence-electron chi connectivity index (χ4n) is 1.74. The lowest BCUT2D eigenvalue weighted by Gasteiger charge is -2.01. The Kier molecular flexibility index (Phi) is 5.84. The minimum atomic E-state index is 1.23. The molecule has 0 unspecified atom stereocenters. The van der Waals surface area contributed by atoms with E-state index in [-0.39, 0.29) is 0 Å². The van der Waals surface area contributed by atoms with Gasteiger partial charge >= 0.3 is 0 Å². The smallest absolute Gasteiger partial charge is 0.0260 e. The first-order chi connectivity index (χ1) is 7.36. The minimum absolute atomic E-state index is 1.23. The van der Waals surface area contributed by atoms with Crippen LogP contribution in [0, 0.1) is 0 Å². The van der Waals surface area contributed by atoms with Crippen molar-refractivity contribution in [2.24, 2.45) is 0 Å². The molecule has 0 aliphatic carbocycles. The number of hydrogen-bond acceptors (Lipinski definition) is 0. The average Bonchev–Trinajstić information content (AvgIpc) is 2.27. The fraction of sp³-hybridized carbons (Fsp3) is 0.467. The topological polar surface area (TPSA) is 0 Å². The summed E-state index contributed by atoms with van der Waals surface area (Å²) in [5.41, 5.74) is 2.77. The molecule has 1 aromatic rings. The Labute approximate surface area is 94.0 Å². The molecule has 0 amide bonds. The highest BCUT2D eigenvalue weighted by Crippen LogP contribution is 2.10. The van der Waals surface area contributed by atoms with Gasteiger partial charge in [-0.2, -0.15) is 0 Å². The molecule has 15 heavy (non-hydrogen) atoms. The van der Waals surface area contributed by atoms with E-state index >= 15 is 0 Å². The van der Waals surface area contributed by atoms with E-state index in [1.165, 1.54) is 43.2 Å². The summed E-state index contributed by atoms with van der Waals surface area (Å²) in [5, 5.41) is 0. The second-order valence-corrected chi connectivity index (χ2v) is 4.05. The molecular formula is C15H22. The molecule has 0 atom stereocenters. The summed E-state index contributed by atoms with van der Waals surface area (Å²) in [6, 6.07) is 8.91. The van der Waals surface area contributed by atoms with Crippen molar-refractivity contribution in [1.82, 2.24) is 0 Å². The maximum absolute atomic E-state index is 2.26. The Balaban J connectivity index is 2.36. The minimum Gasteiger partial charge on any atom is -0.0871 e. The Morgan fingerprint density at radius 1 is 1.00 bits per heavy atom. The van der Waals surface area contributed by atoms with E-state index in [2.05, 4.69) is 50.3 Å². The highest BCUT2D eigenvalue weighted by molar-refractivity contribution is 5.49. The van der Waals surface area contributed by atoms with Crippen molar-refractivity contribution in [1.29, 1.82) is 0 Å². The Morgan fingerprint density at radius 2 is 1.73 bits per heavy atom. The van der Waals surface area contributed by atoms with Gasteiger partial charge in [-0.15, -0.1) is 0 Å². The Bertz CT molecular complexity index is 279. The summed E-state index contributed by atoms with van der Waals surface area (Å²) in [6.45, 7) is 4.31. The molecule has 0 heteroatoms. The third-order valence-electron chi connectivity index (χ3n) is 2.66. The molecule has 0 radical (unpaired) electrons. The second-order valence-electron chi connectivity index (χ2n) is 4.05. The van der Waals surface area contributed by atoms with Crippen molar-refractivity contribution in [2.75, 3.05) is 0 Å². The second kappa shape index (κ2) is 7.28. The summed E-state index contributed by atoms with van der Waals surface area (Å²) in [7, 11) is 0. The molecule has 0 aliphatic rings.